The van der Waals surface area contributed by atoms with Crippen LogP contribution in [0.25, 0.3) is 6.08 Å². The molecule has 0 radical (unpaired) electrons. The average molecular weight is 403 g/mol. The number of amides is 1. The van der Waals surface area contributed by atoms with Crippen LogP contribution in [-0.2, 0) is 13.9 Å². The summed E-state index contributed by atoms with van der Waals surface area (Å²) < 4.78 is 6.39. The largest absolute Gasteiger partial charge is 0.370 e. The minimum atomic E-state index is -0.338. The third kappa shape index (κ3) is 6.52. The first-order valence-corrected chi connectivity index (χ1v) is 8.92. The number of carbonyl (C=O) groups is 1. The van der Waals surface area contributed by atoms with Gasteiger partial charge in [0.25, 0.3) is 0 Å². The minimum Gasteiger partial charge on any atom is -0.370 e. The molecule has 8 heteroatoms. The average Bonchev–Trinajstić information content (AvgIpc) is 3.00. The van der Waals surface area contributed by atoms with Crippen LogP contribution in [-0.4, -0.2) is 22.9 Å². The van der Waals surface area contributed by atoms with Gasteiger partial charge in [-0.2, -0.15) is 4.28 Å². The molecule has 1 amide bonds. The summed E-state index contributed by atoms with van der Waals surface area (Å²) in [4.78, 5) is 16.4. The molecule has 6 nitrogen and oxygen atoms in total. The first-order valence-electron chi connectivity index (χ1n) is 7.38. The van der Waals surface area contributed by atoms with Crippen molar-refractivity contribution in [2.24, 2.45) is 0 Å². The van der Waals surface area contributed by atoms with Gasteiger partial charge in [0.05, 0.1) is 18.6 Å². The van der Waals surface area contributed by atoms with Crippen molar-refractivity contribution in [1.29, 1.82) is 0 Å². The van der Waals surface area contributed by atoms with E-state index >= 15 is 0 Å². The standard InChI is InChI=1S/C15H19BrN2O4S/c16-13-8-5-4-7-12(13)11-15-21-18(22-23-15)10-6-2-1-3-9-14(19)17-20/h4-5,7-8,11,20H,1-3,6,9-10H2,(H,17,19). The molecular weight excluding hydrogens is 384 g/mol. The molecule has 0 aromatic heterocycles. The number of hydrogen-bond acceptors (Lipinski definition) is 6. The number of hydrogen-bond donors (Lipinski definition) is 2. The van der Waals surface area contributed by atoms with Crippen molar-refractivity contribution in [2.45, 2.75) is 32.1 Å². The molecule has 1 aliphatic heterocycles. The predicted octanol–water partition coefficient (Wildman–Crippen LogP) is 4.03. The lowest BCUT2D eigenvalue weighted by Gasteiger charge is -2.10. The Balaban J connectivity index is 1.64. The first-order chi connectivity index (χ1) is 11.2. The highest BCUT2D eigenvalue weighted by Gasteiger charge is 2.21. The van der Waals surface area contributed by atoms with Crippen molar-refractivity contribution >= 4 is 40.0 Å². The molecule has 0 unspecified atom stereocenters. The molecule has 0 bridgehead atoms. The molecular formula is C15H19BrN2O4S. The lowest BCUT2D eigenvalue weighted by atomic mass is 10.1. The van der Waals surface area contributed by atoms with Crippen molar-refractivity contribution < 1.29 is 19.1 Å². The maximum Gasteiger partial charge on any atom is 0.243 e. The Kier molecular flexibility index (Phi) is 7.90. The maximum absolute atomic E-state index is 10.8. The van der Waals surface area contributed by atoms with Crippen molar-refractivity contribution in [1.82, 2.24) is 10.7 Å². The van der Waals surface area contributed by atoms with E-state index in [4.69, 9.17) is 14.3 Å². The molecule has 2 N–H and O–H groups in total. The Hall–Kier alpha value is -1.06. The number of unbranched alkanes of at least 4 members (excludes halogenated alkanes) is 3. The van der Waals surface area contributed by atoms with Gasteiger partial charge in [0, 0.05) is 17.0 Å². The molecule has 0 aliphatic carbocycles. The fourth-order valence-corrected chi connectivity index (χ4v) is 2.95. The van der Waals surface area contributed by atoms with E-state index in [9.17, 15) is 4.79 Å². The molecule has 23 heavy (non-hydrogen) atoms. The summed E-state index contributed by atoms with van der Waals surface area (Å²) in [5.41, 5.74) is 2.66. The third-order valence-corrected chi connectivity index (χ3v) is 4.51. The highest BCUT2D eigenvalue weighted by Crippen LogP contribution is 2.32. The summed E-state index contributed by atoms with van der Waals surface area (Å²) in [6.07, 6.45) is 5.83. The Labute approximate surface area is 148 Å². The normalized spacial score (nSPS) is 16.5. The Morgan fingerprint density at radius 3 is 2.87 bits per heavy atom. The molecule has 2 rings (SSSR count). The van der Waals surface area contributed by atoms with Crippen LogP contribution >= 0.6 is 28.0 Å². The molecule has 0 atom stereocenters. The van der Waals surface area contributed by atoms with E-state index < -0.39 is 0 Å². The third-order valence-electron chi connectivity index (χ3n) is 3.19. The molecule has 0 spiro atoms. The zero-order valence-electron chi connectivity index (χ0n) is 12.5. The van der Waals surface area contributed by atoms with Gasteiger partial charge in [0.2, 0.25) is 11.0 Å². The number of nitrogens with one attached hydrogen (secondary N) is 1. The number of rotatable bonds is 8. The minimum absolute atomic E-state index is 0.338. The summed E-state index contributed by atoms with van der Waals surface area (Å²) >= 11 is 4.68. The monoisotopic (exact) mass is 402 g/mol. The van der Waals surface area contributed by atoms with Crippen LogP contribution in [0.3, 0.4) is 0 Å². The summed E-state index contributed by atoms with van der Waals surface area (Å²) in [6.45, 7) is 0.659. The van der Waals surface area contributed by atoms with Crippen molar-refractivity contribution in [3.63, 3.8) is 0 Å². The number of benzene rings is 1. The van der Waals surface area contributed by atoms with Crippen LogP contribution < -0.4 is 5.48 Å². The van der Waals surface area contributed by atoms with E-state index in [0.29, 0.717) is 18.1 Å². The molecule has 1 saturated heterocycles. The van der Waals surface area contributed by atoms with E-state index in [1.54, 1.807) is 5.48 Å². The molecule has 1 fully saturated rings. The van der Waals surface area contributed by atoms with Crippen LogP contribution in [0, 0.1) is 0 Å². The highest BCUT2D eigenvalue weighted by atomic mass is 79.9. The van der Waals surface area contributed by atoms with Gasteiger partial charge in [-0.3, -0.25) is 10.0 Å². The van der Waals surface area contributed by atoms with E-state index in [1.807, 2.05) is 30.3 Å². The summed E-state index contributed by atoms with van der Waals surface area (Å²) in [7, 11) is 0. The van der Waals surface area contributed by atoms with Gasteiger partial charge >= 0.3 is 0 Å². The lowest BCUT2D eigenvalue weighted by molar-refractivity contribution is -0.259. The van der Waals surface area contributed by atoms with Crippen molar-refractivity contribution in [3.8, 4) is 0 Å². The predicted molar refractivity (Wildman–Crippen MR) is 91.6 cm³/mol. The number of carbonyl (C=O) groups excluding carboxylic acids is 1. The molecule has 1 aromatic carbocycles. The fraction of sp³-hybridized carbons (Fsp3) is 0.400. The quantitative estimate of drug-likeness (QED) is 0.296. The van der Waals surface area contributed by atoms with Crippen LogP contribution in [0.4, 0.5) is 0 Å². The second kappa shape index (κ2) is 9.94. The number of hydroxylamine groups is 3. The second-order valence-corrected chi connectivity index (χ2v) is 6.56. The van der Waals surface area contributed by atoms with E-state index in [-0.39, 0.29) is 5.91 Å². The molecule has 0 saturated carbocycles. The van der Waals surface area contributed by atoms with Crippen LogP contribution in [0.5, 0.6) is 0 Å². The zero-order valence-corrected chi connectivity index (χ0v) is 14.9. The van der Waals surface area contributed by atoms with Gasteiger partial charge < -0.3 is 4.84 Å². The van der Waals surface area contributed by atoms with E-state index in [2.05, 4.69) is 15.9 Å². The van der Waals surface area contributed by atoms with Crippen LogP contribution in [0.2, 0.25) is 0 Å². The SMILES string of the molecule is O=C(CCCCCCN1OSC(=Cc2ccccc2Br)O1)NO. The molecule has 1 heterocycles. The number of nitrogens with zero attached hydrogens (tertiary/aromatic N) is 1. The smallest absolute Gasteiger partial charge is 0.243 e. The molecule has 1 aromatic rings. The van der Waals surface area contributed by atoms with E-state index in [1.165, 1.54) is 17.3 Å². The Bertz CT molecular complexity index is 556. The topological polar surface area (TPSA) is 71.0 Å². The zero-order chi connectivity index (χ0) is 16.5. The van der Waals surface area contributed by atoms with Gasteiger partial charge in [0.1, 0.15) is 0 Å². The van der Waals surface area contributed by atoms with Crippen LogP contribution in [0.1, 0.15) is 37.7 Å². The van der Waals surface area contributed by atoms with Gasteiger partial charge in [-0.1, -0.05) is 47.0 Å². The summed E-state index contributed by atoms with van der Waals surface area (Å²) in [5.74, 6) is -0.338. The van der Waals surface area contributed by atoms with Gasteiger partial charge in [-0.05, 0) is 29.7 Å². The molecule has 1 aliphatic rings. The summed E-state index contributed by atoms with van der Waals surface area (Å²) in [6, 6.07) is 7.89. The molecule has 126 valence electrons. The Morgan fingerprint density at radius 1 is 1.30 bits per heavy atom. The Morgan fingerprint density at radius 2 is 2.09 bits per heavy atom. The van der Waals surface area contributed by atoms with E-state index in [0.717, 1.165) is 35.7 Å². The highest BCUT2D eigenvalue weighted by molar-refractivity contribution is 9.10. The fourth-order valence-electron chi connectivity index (χ4n) is 2.00. The maximum atomic E-state index is 10.8. The lowest BCUT2D eigenvalue weighted by Crippen LogP contribution is -2.18. The van der Waals surface area contributed by atoms with Crippen molar-refractivity contribution in [2.75, 3.05) is 6.54 Å². The van der Waals surface area contributed by atoms with Gasteiger partial charge in [-0.15, -0.1) is 0 Å². The van der Waals surface area contributed by atoms with Crippen LogP contribution in [0.15, 0.2) is 33.8 Å². The van der Waals surface area contributed by atoms with Gasteiger partial charge in [0.15, 0.2) is 0 Å². The summed E-state index contributed by atoms with van der Waals surface area (Å²) in [5, 5.41) is 10.5. The first kappa shape index (κ1) is 18.3. The second-order valence-electron chi connectivity index (χ2n) is 4.99. The van der Waals surface area contributed by atoms with Crippen molar-refractivity contribution in [3.05, 3.63) is 39.4 Å². The van der Waals surface area contributed by atoms with Gasteiger partial charge in [-0.25, -0.2) is 5.48 Å². The number of halogens is 1.